The Bertz CT molecular complexity index is 1270. The minimum Gasteiger partial charge on any atom is -0.463 e. The quantitative estimate of drug-likeness (QED) is 0.305. The third-order valence-electron chi connectivity index (χ3n) is 4.55. The van der Waals surface area contributed by atoms with E-state index in [1.165, 1.54) is 30.6 Å². The summed E-state index contributed by atoms with van der Waals surface area (Å²) in [5, 5.41) is 5.19. The Hall–Kier alpha value is -3.33. The topological polar surface area (TPSA) is 103 Å². The number of benzene rings is 1. The number of aromatic nitrogens is 4. The van der Waals surface area contributed by atoms with Gasteiger partial charge < -0.3 is 14.1 Å². The van der Waals surface area contributed by atoms with Gasteiger partial charge in [0.2, 0.25) is 5.76 Å². The summed E-state index contributed by atoms with van der Waals surface area (Å²) in [6, 6.07) is 9.21. The summed E-state index contributed by atoms with van der Waals surface area (Å²) < 4.78 is 11.7. The van der Waals surface area contributed by atoms with Crippen LogP contribution in [0.2, 0.25) is 0 Å². The molecule has 1 aromatic carbocycles. The third kappa shape index (κ3) is 3.68. The number of ether oxygens (including phenoxy) is 1. The average molecular weight is 410 g/mol. The lowest BCUT2D eigenvalue weighted by Crippen LogP contribution is -2.09. The average Bonchev–Trinajstić information content (AvgIpc) is 3.35. The molecular formula is C20H18N4O4S. The summed E-state index contributed by atoms with van der Waals surface area (Å²) in [7, 11) is 1.29. The highest BCUT2D eigenvalue weighted by Crippen LogP contribution is 2.23. The van der Waals surface area contributed by atoms with Gasteiger partial charge in [0, 0.05) is 0 Å². The van der Waals surface area contributed by atoms with Crippen LogP contribution in [0.3, 0.4) is 0 Å². The number of esters is 1. The second-order valence-corrected chi connectivity index (χ2v) is 7.44. The van der Waals surface area contributed by atoms with Crippen LogP contribution in [0.15, 0.2) is 50.9 Å². The number of hydrogen-bond donors (Lipinski definition) is 1. The molecule has 0 radical (unpaired) electrons. The molecule has 3 aromatic heterocycles. The Labute approximate surface area is 169 Å². The fourth-order valence-electron chi connectivity index (χ4n) is 2.82. The number of carbonyl (C=O) groups is 1. The molecule has 0 aliphatic rings. The van der Waals surface area contributed by atoms with Crippen molar-refractivity contribution in [2.45, 2.75) is 24.8 Å². The van der Waals surface area contributed by atoms with E-state index in [9.17, 15) is 9.59 Å². The Balaban J connectivity index is 1.64. The maximum Gasteiger partial charge on any atom is 0.373 e. The summed E-state index contributed by atoms with van der Waals surface area (Å²) in [4.78, 5) is 31.3. The normalized spacial score (nSPS) is 11.1. The van der Waals surface area contributed by atoms with Crippen molar-refractivity contribution in [1.82, 2.24) is 19.7 Å². The molecular weight excluding hydrogens is 392 g/mol. The predicted molar refractivity (Wildman–Crippen MR) is 109 cm³/mol. The summed E-state index contributed by atoms with van der Waals surface area (Å²) >= 11 is 1.29. The largest absolute Gasteiger partial charge is 0.463 e. The van der Waals surface area contributed by atoms with Crippen LogP contribution in [0, 0.1) is 13.8 Å². The van der Waals surface area contributed by atoms with Crippen molar-refractivity contribution in [3.63, 3.8) is 0 Å². The molecule has 4 rings (SSSR count). The van der Waals surface area contributed by atoms with Gasteiger partial charge in [-0.2, -0.15) is 5.10 Å². The minimum absolute atomic E-state index is 0.132. The second-order valence-electron chi connectivity index (χ2n) is 6.48. The van der Waals surface area contributed by atoms with E-state index in [0.29, 0.717) is 27.7 Å². The highest BCUT2D eigenvalue weighted by Gasteiger charge is 2.14. The number of furan rings is 1. The zero-order valence-electron chi connectivity index (χ0n) is 16.1. The molecule has 0 saturated carbocycles. The molecule has 0 atom stereocenters. The first-order chi connectivity index (χ1) is 14.0. The van der Waals surface area contributed by atoms with Gasteiger partial charge in [-0.1, -0.05) is 17.8 Å². The van der Waals surface area contributed by atoms with Gasteiger partial charge in [-0.25, -0.2) is 14.5 Å². The van der Waals surface area contributed by atoms with Crippen LogP contribution in [0.1, 0.15) is 27.4 Å². The molecule has 29 heavy (non-hydrogen) atoms. The molecule has 0 fully saturated rings. The van der Waals surface area contributed by atoms with Crippen LogP contribution in [-0.4, -0.2) is 32.8 Å². The molecule has 9 heteroatoms. The highest BCUT2D eigenvalue weighted by atomic mass is 32.2. The van der Waals surface area contributed by atoms with Crippen LogP contribution in [0.4, 0.5) is 0 Å². The Morgan fingerprint density at radius 2 is 2.07 bits per heavy atom. The molecule has 0 bridgehead atoms. The highest BCUT2D eigenvalue weighted by molar-refractivity contribution is 7.98. The van der Waals surface area contributed by atoms with E-state index in [4.69, 9.17) is 4.42 Å². The van der Waals surface area contributed by atoms with Crippen LogP contribution in [-0.2, 0) is 10.5 Å². The zero-order valence-corrected chi connectivity index (χ0v) is 16.9. The molecule has 0 saturated heterocycles. The standard InChI is InChI=1S/C20H18N4O4S/c1-11-4-5-13(8-12(11)2)24-17-15(9-21-24)18(25)23-20(22-17)29-10-14-6-7-16(28-14)19(26)27-3/h4-9H,10H2,1-3H3,(H,22,23,25). The van der Waals surface area contributed by atoms with Crippen molar-refractivity contribution in [2.75, 3.05) is 7.11 Å². The van der Waals surface area contributed by atoms with Crippen molar-refractivity contribution in [3.8, 4) is 5.69 Å². The number of fused-ring (bicyclic) bond motifs is 1. The fourth-order valence-corrected chi connectivity index (χ4v) is 3.57. The van der Waals surface area contributed by atoms with Crippen molar-refractivity contribution >= 4 is 28.8 Å². The van der Waals surface area contributed by atoms with Crippen LogP contribution >= 0.6 is 11.8 Å². The number of nitrogens with one attached hydrogen (secondary N) is 1. The first-order valence-corrected chi connectivity index (χ1v) is 9.80. The number of hydrogen-bond acceptors (Lipinski definition) is 7. The molecule has 0 aliphatic heterocycles. The molecule has 0 unspecified atom stereocenters. The van der Waals surface area contributed by atoms with Gasteiger partial charge in [-0.15, -0.1) is 0 Å². The van der Waals surface area contributed by atoms with Gasteiger partial charge in [0.25, 0.3) is 5.56 Å². The van der Waals surface area contributed by atoms with E-state index < -0.39 is 5.97 Å². The SMILES string of the molecule is COC(=O)c1ccc(CSc2nc3c(cnn3-c3ccc(C)c(C)c3)c(=O)[nH]2)o1. The number of aryl methyl sites for hydroxylation is 2. The number of rotatable bonds is 5. The molecule has 8 nitrogen and oxygen atoms in total. The predicted octanol–water partition coefficient (Wildman–Crippen LogP) is 3.40. The van der Waals surface area contributed by atoms with E-state index in [0.717, 1.165) is 11.3 Å². The van der Waals surface area contributed by atoms with Gasteiger partial charge in [-0.3, -0.25) is 4.79 Å². The monoisotopic (exact) mass is 410 g/mol. The lowest BCUT2D eigenvalue weighted by Gasteiger charge is -2.07. The van der Waals surface area contributed by atoms with E-state index in [-0.39, 0.29) is 11.3 Å². The molecule has 4 aromatic rings. The molecule has 148 valence electrons. The maximum atomic E-state index is 12.5. The van der Waals surface area contributed by atoms with Crippen molar-refractivity contribution in [2.24, 2.45) is 0 Å². The summed E-state index contributed by atoms with van der Waals surface area (Å²) in [5.74, 6) is 0.559. The zero-order chi connectivity index (χ0) is 20.5. The van der Waals surface area contributed by atoms with Gasteiger partial charge in [-0.05, 0) is 49.2 Å². The Morgan fingerprint density at radius 1 is 1.24 bits per heavy atom. The number of aromatic amines is 1. The number of methoxy groups -OCH3 is 1. The van der Waals surface area contributed by atoms with Gasteiger partial charge in [0.15, 0.2) is 10.8 Å². The third-order valence-corrected chi connectivity index (χ3v) is 5.45. The van der Waals surface area contributed by atoms with E-state index in [1.54, 1.807) is 16.8 Å². The maximum absolute atomic E-state index is 12.5. The summed E-state index contributed by atoms with van der Waals surface area (Å²) in [6.07, 6.45) is 1.51. The van der Waals surface area contributed by atoms with Gasteiger partial charge in [0.05, 0.1) is 24.7 Å². The van der Waals surface area contributed by atoms with E-state index >= 15 is 0 Å². The molecule has 0 amide bonds. The molecule has 3 heterocycles. The second kappa shape index (κ2) is 7.59. The molecule has 0 aliphatic carbocycles. The van der Waals surface area contributed by atoms with E-state index in [1.807, 2.05) is 32.0 Å². The van der Waals surface area contributed by atoms with Crippen molar-refractivity contribution in [3.05, 3.63) is 69.5 Å². The molecule has 0 spiro atoms. The first-order valence-electron chi connectivity index (χ1n) is 8.82. The van der Waals surface area contributed by atoms with E-state index in [2.05, 4.69) is 19.8 Å². The Kier molecular flexibility index (Phi) is 4.98. The van der Waals surface area contributed by atoms with Crippen LogP contribution in [0.25, 0.3) is 16.7 Å². The lowest BCUT2D eigenvalue weighted by atomic mass is 10.1. The van der Waals surface area contributed by atoms with Gasteiger partial charge in [0.1, 0.15) is 11.1 Å². The Morgan fingerprint density at radius 3 is 2.83 bits per heavy atom. The number of H-pyrrole nitrogens is 1. The van der Waals surface area contributed by atoms with Crippen molar-refractivity contribution < 1.29 is 13.9 Å². The minimum atomic E-state index is -0.536. The number of carbonyl (C=O) groups excluding carboxylic acids is 1. The van der Waals surface area contributed by atoms with Crippen molar-refractivity contribution in [1.29, 1.82) is 0 Å². The van der Waals surface area contributed by atoms with Crippen LogP contribution < -0.4 is 5.56 Å². The molecule has 1 N–H and O–H groups in total. The summed E-state index contributed by atoms with van der Waals surface area (Å²) in [5.41, 5.74) is 3.37. The van der Waals surface area contributed by atoms with Gasteiger partial charge >= 0.3 is 5.97 Å². The number of thioether (sulfide) groups is 1. The van der Waals surface area contributed by atoms with Crippen LogP contribution in [0.5, 0.6) is 0 Å². The fraction of sp³-hybridized carbons (Fsp3) is 0.200. The first kappa shape index (κ1) is 19.0. The smallest absolute Gasteiger partial charge is 0.373 e. The lowest BCUT2D eigenvalue weighted by molar-refractivity contribution is 0.0563. The summed E-state index contributed by atoms with van der Waals surface area (Å²) in [6.45, 7) is 4.07. The number of nitrogens with zero attached hydrogens (tertiary/aromatic N) is 3.